The van der Waals surface area contributed by atoms with Gasteiger partial charge in [0.05, 0.1) is 13.2 Å². The number of rotatable bonds is 4. The second-order valence-electron chi connectivity index (χ2n) is 2.63. The topological polar surface area (TPSA) is 58.9 Å². The summed E-state index contributed by atoms with van der Waals surface area (Å²) in [5, 5.41) is 18.9. The van der Waals surface area contributed by atoms with E-state index in [0.717, 1.165) is 0 Å². The van der Waals surface area contributed by atoms with Crippen LogP contribution in [0.25, 0.3) is 0 Å². The van der Waals surface area contributed by atoms with Crippen molar-refractivity contribution in [3.8, 4) is 23.0 Å². The van der Waals surface area contributed by atoms with Gasteiger partial charge in [-0.15, -0.1) is 0 Å². The highest BCUT2D eigenvalue weighted by Gasteiger charge is 2.14. The molecule has 0 atom stereocenters. The Kier molecular flexibility index (Phi) is 3.45. The van der Waals surface area contributed by atoms with Crippen molar-refractivity contribution in [2.24, 2.45) is 0 Å². The lowest BCUT2D eigenvalue weighted by Gasteiger charge is -2.13. The first-order chi connectivity index (χ1) is 6.70. The largest absolute Gasteiger partial charge is 0.504 e. The molecular weight excluding hydrogens is 184 g/mol. The van der Waals surface area contributed by atoms with Crippen LogP contribution in [0, 0.1) is 0 Å². The Labute approximate surface area is 82.7 Å². The summed E-state index contributed by atoms with van der Waals surface area (Å²) in [6.07, 6.45) is 0. The van der Waals surface area contributed by atoms with Gasteiger partial charge in [0.1, 0.15) is 0 Å². The van der Waals surface area contributed by atoms with Crippen LogP contribution in [0.3, 0.4) is 0 Å². The molecule has 0 saturated carbocycles. The van der Waals surface area contributed by atoms with E-state index in [1.54, 1.807) is 13.8 Å². The molecule has 4 nitrogen and oxygen atoms in total. The fourth-order valence-electron chi connectivity index (χ4n) is 1.11. The van der Waals surface area contributed by atoms with Gasteiger partial charge < -0.3 is 19.7 Å². The van der Waals surface area contributed by atoms with Gasteiger partial charge in [0, 0.05) is 0 Å². The molecule has 78 valence electrons. The van der Waals surface area contributed by atoms with E-state index in [4.69, 9.17) is 9.47 Å². The van der Waals surface area contributed by atoms with E-state index in [-0.39, 0.29) is 23.0 Å². The van der Waals surface area contributed by atoms with E-state index in [0.29, 0.717) is 13.2 Å². The van der Waals surface area contributed by atoms with Crippen molar-refractivity contribution in [2.45, 2.75) is 13.8 Å². The van der Waals surface area contributed by atoms with Crippen LogP contribution in [0.5, 0.6) is 23.0 Å². The Morgan fingerprint density at radius 3 is 1.57 bits per heavy atom. The molecular formula is C10H14O4. The summed E-state index contributed by atoms with van der Waals surface area (Å²) in [4.78, 5) is 0. The lowest BCUT2D eigenvalue weighted by molar-refractivity contribution is 0.264. The average molecular weight is 198 g/mol. The fourth-order valence-corrected chi connectivity index (χ4v) is 1.11. The molecule has 0 saturated heterocycles. The zero-order valence-electron chi connectivity index (χ0n) is 8.28. The predicted octanol–water partition coefficient (Wildman–Crippen LogP) is 1.90. The summed E-state index contributed by atoms with van der Waals surface area (Å²) in [6, 6.07) is 2.73. The van der Waals surface area contributed by atoms with Gasteiger partial charge in [0.15, 0.2) is 11.5 Å². The molecule has 4 heteroatoms. The van der Waals surface area contributed by atoms with E-state index in [1.165, 1.54) is 12.1 Å². The van der Waals surface area contributed by atoms with Crippen LogP contribution < -0.4 is 9.47 Å². The Hall–Kier alpha value is -1.58. The van der Waals surface area contributed by atoms with Gasteiger partial charge in [-0.05, 0) is 26.0 Å². The minimum Gasteiger partial charge on any atom is -0.504 e. The standard InChI is InChI=1S/C10H14O4/c1-3-13-9-7(11)5-6-8(12)10(9)14-4-2/h5-6,11-12H,3-4H2,1-2H3. The fraction of sp³-hybridized carbons (Fsp3) is 0.400. The average Bonchev–Trinajstić information content (AvgIpc) is 2.17. The molecule has 0 spiro atoms. The second-order valence-corrected chi connectivity index (χ2v) is 2.63. The quantitative estimate of drug-likeness (QED) is 0.725. The summed E-state index contributed by atoms with van der Waals surface area (Å²) in [5.41, 5.74) is 0. The predicted molar refractivity (Wildman–Crippen MR) is 52.1 cm³/mol. The van der Waals surface area contributed by atoms with Crippen LogP contribution in [0.1, 0.15) is 13.8 Å². The van der Waals surface area contributed by atoms with Crippen LogP contribution in [-0.2, 0) is 0 Å². The molecule has 1 aromatic rings. The lowest BCUT2D eigenvalue weighted by atomic mass is 10.2. The zero-order chi connectivity index (χ0) is 10.6. The Bertz CT molecular complexity index is 278. The van der Waals surface area contributed by atoms with E-state index in [1.807, 2.05) is 0 Å². The van der Waals surface area contributed by atoms with Crippen LogP contribution in [0.2, 0.25) is 0 Å². The molecule has 0 fully saturated rings. The monoisotopic (exact) mass is 198 g/mol. The van der Waals surface area contributed by atoms with Gasteiger partial charge in [-0.1, -0.05) is 0 Å². The number of benzene rings is 1. The van der Waals surface area contributed by atoms with Crippen molar-refractivity contribution in [3.63, 3.8) is 0 Å². The molecule has 0 aliphatic rings. The molecule has 0 aromatic heterocycles. The molecule has 0 bridgehead atoms. The van der Waals surface area contributed by atoms with Crippen molar-refractivity contribution in [2.75, 3.05) is 13.2 Å². The lowest BCUT2D eigenvalue weighted by Crippen LogP contribution is -1.98. The molecule has 0 amide bonds. The highest BCUT2D eigenvalue weighted by atomic mass is 16.5. The van der Waals surface area contributed by atoms with Gasteiger partial charge in [-0.2, -0.15) is 0 Å². The van der Waals surface area contributed by atoms with E-state index >= 15 is 0 Å². The van der Waals surface area contributed by atoms with Crippen molar-refractivity contribution in [1.29, 1.82) is 0 Å². The molecule has 0 aliphatic carbocycles. The second kappa shape index (κ2) is 4.60. The van der Waals surface area contributed by atoms with Crippen molar-refractivity contribution < 1.29 is 19.7 Å². The molecule has 0 aliphatic heterocycles. The normalized spacial score (nSPS) is 9.86. The SMILES string of the molecule is CCOc1c(O)ccc(O)c1OCC. The molecule has 2 N–H and O–H groups in total. The summed E-state index contributed by atoms with van der Waals surface area (Å²) >= 11 is 0. The van der Waals surface area contributed by atoms with E-state index in [9.17, 15) is 10.2 Å². The molecule has 0 heterocycles. The van der Waals surface area contributed by atoms with Gasteiger partial charge in [0.25, 0.3) is 0 Å². The van der Waals surface area contributed by atoms with Crippen LogP contribution in [0.4, 0.5) is 0 Å². The zero-order valence-corrected chi connectivity index (χ0v) is 8.28. The van der Waals surface area contributed by atoms with E-state index in [2.05, 4.69) is 0 Å². The molecule has 1 aromatic carbocycles. The minimum atomic E-state index is -0.0342. The third kappa shape index (κ3) is 2.02. The number of ether oxygens (including phenoxy) is 2. The molecule has 14 heavy (non-hydrogen) atoms. The minimum absolute atomic E-state index is 0.0342. The molecule has 1 rings (SSSR count). The van der Waals surface area contributed by atoms with E-state index < -0.39 is 0 Å². The third-order valence-corrected chi connectivity index (χ3v) is 1.65. The summed E-state index contributed by atoms with van der Waals surface area (Å²) in [5.74, 6) is 0.310. The third-order valence-electron chi connectivity index (χ3n) is 1.65. The first kappa shape index (κ1) is 10.5. The highest BCUT2D eigenvalue weighted by Crippen LogP contribution is 2.43. The number of aromatic hydroxyl groups is 2. The van der Waals surface area contributed by atoms with Gasteiger partial charge in [0.2, 0.25) is 11.5 Å². The summed E-state index contributed by atoms with van der Waals surface area (Å²) in [7, 11) is 0. The van der Waals surface area contributed by atoms with Crippen LogP contribution in [-0.4, -0.2) is 23.4 Å². The number of hydrogen-bond donors (Lipinski definition) is 2. The van der Waals surface area contributed by atoms with Gasteiger partial charge >= 0.3 is 0 Å². The Morgan fingerprint density at radius 1 is 0.929 bits per heavy atom. The Balaban J connectivity index is 3.12. The first-order valence-corrected chi connectivity index (χ1v) is 4.51. The highest BCUT2D eigenvalue weighted by molar-refractivity contribution is 5.57. The van der Waals surface area contributed by atoms with Crippen molar-refractivity contribution in [3.05, 3.63) is 12.1 Å². The molecule has 0 unspecified atom stereocenters. The smallest absolute Gasteiger partial charge is 0.207 e. The van der Waals surface area contributed by atoms with Crippen LogP contribution in [0.15, 0.2) is 12.1 Å². The number of hydrogen-bond acceptors (Lipinski definition) is 4. The van der Waals surface area contributed by atoms with Crippen molar-refractivity contribution >= 4 is 0 Å². The van der Waals surface area contributed by atoms with Gasteiger partial charge in [-0.25, -0.2) is 0 Å². The number of phenols is 2. The number of phenolic OH excluding ortho intramolecular Hbond substituents is 2. The van der Waals surface area contributed by atoms with Gasteiger partial charge in [-0.3, -0.25) is 0 Å². The van der Waals surface area contributed by atoms with Crippen molar-refractivity contribution in [1.82, 2.24) is 0 Å². The first-order valence-electron chi connectivity index (χ1n) is 4.51. The maximum atomic E-state index is 9.46. The van der Waals surface area contributed by atoms with Crippen LogP contribution >= 0.6 is 0 Å². The summed E-state index contributed by atoms with van der Waals surface area (Å²) in [6.45, 7) is 4.38. The maximum absolute atomic E-state index is 9.46. The Morgan fingerprint density at radius 2 is 1.29 bits per heavy atom. The maximum Gasteiger partial charge on any atom is 0.207 e. The molecule has 0 radical (unpaired) electrons. The summed E-state index contributed by atoms with van der Waals surface area (Å²) < 4.78 is 10.3.